The largest absolute Gasteiger partial charge is 0.393 e. The van der Waals surface area contributed by atoms with Crippen molar-refractivity contribution >= 4 is 5.69 Å². The molecule has 0 aliphatic heterocycles. The second-order valence-electron chi connectivity index (χ2n) is 2.76. The van der Waals surface area contributed by atoms with Gasteiger partial charge in [-0.15, -0.1) is 0 Å². The third-order valence-corrected chi connectivity index (χ3v) is 1.93. The summed E-state index contributed by atoms with van der Waals surface area (Å²) in [6.07, 6.45) is -0.421. The summed E-state index contributed by atoms with van der Waals surface area (Å²) in [5.41, 5.74) is 0.752. The first-order valence-corrected chi connectivity index (χ1v) is 4.07. The number of nitro benzene ring substituents is 1. The molecule has 0 amide bonds. The van der Waals surface area contributed by atoms with Crippen LogP contribution in [-0.2, 0) is 4.74 Å². The lowest BCUT2D eigenvalue weighted by Gasteiger charge is -2.11. The van der Waals surface area contributed by atoms with Gasteiger partial charge in [-0.3, -0.25) is 10.1 Å². The van der Waals surface area contributed by atoms with Gasteiger partial charge in [-0.05, 0) is 17.7 Å². The molecule has 0 bridgehead atoms. The number of ether oxygens (including phenoxy) is 1. The number of nitrogens with zero attached hydrogens (tertiary/aromatic N) is 1. The molecule has 1 N–H and O–H groups in total. The number of hydrogen-bond acceptors (Lipinski definition) is 4. The third kappa shape index (κ3) is 2.27. The van der Waals surface area contributed by atoms with Crippen molar-refractivity contribution in [3.63, 3.8) is 0 Å². The summed E-state index contributed by atoms with van der Waals surface area (Å²) in [6.45, 7) is -0.145. The highest BCUT2D eigenvalue weighted by molar-refractivity contribution is 5.33. The topological polar surface area (TPSA) is 72.6 Å². The number of rotatable bonds is 4. The highest BCUT2D eigenvalue weighted by Gasteiger charge is 2.10. The standard InChI is InChI=1S/C9H11NO4/c1-14-9(6-11)7-2-4-8(5-3-7)10(12)13/h2-5,9,11H,6H2,1H3. The second-order valence-corrected chi connectivity index (χ2v) is 2.76. The molecule has 0 spiro atoms. The van der Waals surface area contributed by atoms with E-state index in [1.165, 1.54) is 19.2 Å². The zero-order valence-corrected chi connectivity index (χ0v) is 7.71. The predicted molar refractivity (Wildman–Crippen MR) is 49.9 cm³/mol. The van der Waals surface area contributed by atoms with Crippen molar-refractivity contribution in [3.05, 3.63) is 39.9 Å². The van der Waals surface area contributed by atoms with Crippen LogP contribution in [0.5, 0.6) is 0 Å². The van der Waals surface area contributed by atoms with Crippen LogP contribution in [0, 0.1) is 10.1 Å². The summed E-state index contributed by atoms with van der Waals surface area (Å²) < 4.78 is 4.97. The summed E-state index contributed by atoms with van der Waals surface area (Å²) in [7, 11) is 1.47. The minimum atomic E-state index is -0.468. The van der Waals surface area contributed by atoms with Gasteiger partial charge >= 0.3 is 0 Å². The minimum Gasteiger partial charge on any atom is -0.393 e. The second kappa shape index (κ2) is 4.69. The normalized spacial score (nSPS) is 12.4. The van der Waals surface area contributed by atoms with Gasteiger partial charge in [0.25, 0.3) is 5.69 Å². The lowest BCUT2D eigenvalue weighted by Crippen LogP contribution is -2.05. The highest BCUT2D eigenvalue weighted by Crippen LogP contribution is 2.19. The summed E-state index contributed by atoms with van der Waals surface area (Å²) in [5.74, 6) is 0. The molecule has 5 nitrogen and oxygen atoms in total. The summed E-state index contributed by atoms with van der Waals surface area (Å²) in [6, 6.07) is 5.92. The van der Waals surface area contributed by atoms with Crippen LogP contribution in [0.4, 0.5) is 5.69 Å². The lowest BCUT2D eigenvalue weighted by molar-refractivity contribution is -0.384. The fourth-order valence-corrected chi connectivity index (χ4v) is 1.13. The van der Waals surface area contributed by atoms with Crippen LogP contribution in [-0.4, -0.2) is 23.7 Å². The van der Waals surface area contributed by atoms with Gasteiger partial charge in [-0.25, -0.2) is 0 Å². The van der Waals surface area contributed by atoms with Crippen molar-refractivity contribution in [1.82, 2.24) is 0 Å². The molecule has 0 fully saturated rings. The fourth-order valence-electron chi connectivity index (χ4n) is 1.13. The Hall–Kier alpha value is -1.46. The average Bonchev–Trinajstić information content (AvgIpc) is 2.20. The molecule has 0 aliphatic rings. The molecule has 14 heavy (non-hydrogen) atoms. The Kier molecular flexibility index (Phi) is 3.55. The molecule has 1 atom stereocenters. The van der Waals surface area contributed by atoms with E-state index in [0.717, 1.165) is 5.56 Å². The smallest absolute Gasteiger partial charge is 0.269 e. The van der Waals surface area contributed by atoms with Gasteiger partial charge in [0.05, 0.1) is 11.5 Å². The van der Waals surface area contributed by atoms with Crippen LogP contribution in [0.1, 0.15) is 11.7 Å². The average molecular weight is 197 g/mol. The Morgan fingerprint density at radius 1 is 1.50 bits per heavy atom. The van der Waals surface area contributed by atoms with Crippen LogP contribution in [0.2, 0.25) is 0 Å². The molecule has 0 heterocycles. The van der Waals surface area contributed by atoms with Crippen LogP contribution in [0.25, 0.3) is 0 Å². The van der Waals surface area contributed by atoms with Crippen molar-refractivity contribution in [2.75, 3.05) is 13.7 Å². The number of non-ortho nitro benzene ring substituents is 1. The predicted octanol–water partition coefficient (Wildman–Crippen LogP) is 1.27. The molecule has 1 unspecified atom stereocenters. The first-order chi connectivity index (χ1) is 6.69. The summed E-state index contributed by atoms with van der Waals surface area (Å²) in [4.78, 5) is 9.88. The number of benzene rings is 1. The molecule has 76 valence electrons. The van der Waals surface area contributed by atoms with Crippen molar-refractivity contribution < 1.29 is 14.8 Å². The molecule has 1 aromatic carbocycles. The van der Waals surface area contributed by atoms with Crippen molar-refractivity contribution in [3.8, 4) is 0 Å². The molecule has 0 saturated carbocycles. The van der Waals surface area contributed by atoms with Gasteiger partial charge in [0, 0.05) is 19.2 Å². The van der Waals surface area contributed by atoms with Crippen molar-refractivity contribution in [1.29, 1.82) is 0 Å². The molecule has 0 aliphatic carbocycles. The highest BCUT2D eigenvalue weighted by atomic mass is 16.6. The maximum absolute atomic E-state index is 10.3. The van der Waals surface area contributed by atoms with E-state index in [-0.39, 0.29) is 12.3 Å². The minimum absolute atomic E-state index is 0.0292. The zero-order chi connectivity index (χ0) is 10.6. The van der Waals surface area contributed by atoms with Gasteiger partial charge in [0.2, 0.25) is 0 Å². The monoisotopic (exact) mass is 197 g/mol. The Morgan fingerprint density at radius 2 is 2.07 bits per heavy atom. The van der Waals surface area contributed by atoms with Gasteiger partial charge in [-0.2, -0.15) is 0 Å². The fraction of sp³-hybridized carbons (Fsp3) is 0.333. The Morgan fingerprint density at radius 3 is 2.43 bits per heavy atom. The Bertz CT molecular complexity index is 305. The summed E-state index contributed by atoms with van der Waals surface area (Å²) >= 11 is 0. The number of hydrogen-bond donors (Lipinski definition) is 1. The molecule has 1 aromatic rings. The van der Waals surface area contributed by atoms with E-state index < -0.39 is 11.0 Å². The van der Waals surface area contributed by atoms with E-state index in [0.29, 0.717) is 0 Å². The van der Waals surface area contributed by atoms with E-state index in [2.05, 4.69) is 0 Å². The first kappa shape index (κ1) is 10.6. The number of aliphatic hydroxyl groups excluding tert-OH is 1. The van der Waals surface area contributed by atoms with Crippen LogP contribution in [0.3, 0.4) is 0 Å². The maximum atomic E-state index is 10.3. The van der Waals surface area contributed by atoms with Crippen LogP contribution < -0.4 is 0 Å². The Balaban J connectivity index is 2.87. The van der Waals surface area contributed by atoms with Gasteiger partial charge in [-0.1, -0.05) is 0 Å². The van der Waals surface area contributed by atoms with E-state index >= 15 is 0 Å². The van der Waals surface area contributed by atoms with Gasteiger partial charge in [0.15, 0.2) is 0 Å². The van der Waals surface area contributed by atoms with E-state index in [9.17, 15) is 10.1 Å². The first-order valence-electron chi connectivity index (χ1n) is 4.07. The van der Waals surface area contributed by atoms with Crippen LogP contribution >= 0.6 is 0 Å². The molecule has 5 heteroatoms. The zero-order valence-electron chi connectivity index (χ0n) is 7.71. The number of aliphatic hydroxyl groups is 1. The quantitative estimate of drug-likeness (QED) is 0.582. The lowest BCUT2D eigenvalue weighted by atomic mass is 10.1. The SMILES string of the molecule is COC(CO)c1ccc([N+](=O)[O-])cc1. The molecular formula is C9H11NO4. The molecule has 0 radical (unpaired) electrons. The Labute approximate surface area is 81.1 Å². The van der Waals surface area contributed by atoms with Gasteiger partial charge < -0.3 is 9.84 Å². The van der Waals surface area contributed by atoms with Crippen molar-refractivity contribution in [2.45, 2.75) is 6.10 Å². The van der Waals surface area contributed by atoms with E-state index in [4.69, 9.17) is 9.84 Å². The summed E-state index contributed by atoms with van der Waals surface area (Å²) in [5, 5.41) is 19.2. The van der Waals surface area contributed by atoms with E-state index in [1.807, 2.05) is 0 Å². The maximum Gasteiger partial charge on any atom is 0.269 e. The van der Waals surface area contributed by atoms with Gasteiger partial charge in [0.1, 0.15) is 6.10 Å². The van der Waals surface area contributed by atoms with Crippen LogP contribution in [0.15, 0.2) is 24.3 Å². The third-order valence-electron chi connectivity index (χ3n) is 1.93. The molecule has 0 saturated heterocycles. The molecule has 1 rings (SSSR count). The molecular weight excluding hydrogens is 186 g/mol. The van der Waals surface area contributed by atoms with Crippen molar-refractivity contribution in [2.24, 2.45) is 0 Å². The molecule has 0 aromatic heterocycles. The van der Waals surface area contributed by atoms with E-state index in [1.54, 1.807) is 12.1 Å². The number of nitro groups is 1. The number of methoxy groups -OCH3 is 1.